The monoisotopic (exact) mass is 321 g/mol. The zero-order valence-electron chi connectivity index (χ0n) is 12.5. The lowest BCUT2D eigenvalue weighted by Crippen LogP contribution is -2.21. The van der Waals surface area contributed by atoms with Gasteiger partial charge >= 0.3 is 5.97 Å². The third-order valence-electron chi connectivity index (χ3n) is 3.21. The Balaban J connectivity index is 1.95. The Morgan fingerprint density at radius 1 is 1.23 bits per heavy atom. The van der Waals surface area contributed by atoms with Crippen molar-refractivity contribution in [3.63, 3.8) is 0 Å². The van der Waals surface area contributed by atoms with Crippen molar-refractivity contribution in [2.75, 3.05) is 11.9 Å². The number of rotatable bonds is 4. The molecule has 0 atom stereocenters. The Morgan fingerprint density at radius 3 is 2.55 bits per heavy atom. The maximum atomic E-state index is 12.0. The number of nitrogens with one attached hydrogen (secondary N) is 1. The second-order valence-electron chi connectivity index (χ2n) is 4.85. The summed E-state index contributed by atoms with van der Waals surface area (Å²) in [5.41, 5.74) is 1.63. The van der Waals surface area contributed by atoms with Crippen molar-refractivity contribution in [2.24, 2.45) is 0 Å². The van der Waals surface area contributed by atoms with E-state index in [1.165, 1.54) is 0 Å². The molecule has 0 spiro atoms. The van der Waals surface area contributed by atoms with Crippen LogP contribution in [0.3, 0.4) is 0 Å². The van der Waals surface area contributed by atoms with Gasteiger partial charge in [-0.2, -0.15) is 0 Å². The van der Waals surface area contributed by atoms with Gasteiger partial charge in [0.2, 0.25) is 0 Å². The van der Waals surface area contributed by atoms with E-state index >= 15 is 0 Å². The molecular formula is C16H16ClNO4. The molecule has 1 heterocycles. The van der Waals surface area contributed by atoms with Crippen LogP contribution in [0, 0.1) is 20.8 Å². The number of furan rings is 1. The Kier molecular flexibility index (Phi) is 4.88. The Hall–Kier alpha value is -2.27. The standard InChI is InChI=1S/C16H16ClNO4/c1-9-10(2)22-11(3)15(9)16(20)21-8-14(19)18-13-6-4-5-12(17)7-13/h4-7H,8H2,1-3H3,(H,18,19). The molecule has 1 aromatic carbocycles. The van der Waals surface area contributed by atoms with Crippen LogP contribution in [-0.2, 0) is 9.53 Å². The first-order valence-electron chi connectivity index (χ1n) is 6.67. The molecule has 0 radical (unpaired) electrons. The molecule has 22 heavy (non-hydrogen) atoms. The summed E-state index contributed by atoms with van der Waals surface area (Å²) in [5, 5.41) is 3.11. The van der Waals surface area contributed by atoms with Crippen molar-refractivity contribution >= 4 is 29.2 Å². The molecule has 116 valence electrons. The molecule has 2 rings (SSSR count). The van der Waals surface area contributed by atoms with Crippen molar-refractivity contribution in [3.05, 3.63) is 51.9 Å². The van der Waals surface area contributed by atoms with E-state index in [-0.39, 0.29) is 6.61 Å². The molecule has 0 fully saturated rings. The second kappa shape index (κ2) is 6.66. The van der Waals surface area contributed by atoms with E-state index in [2.05, 4.69) is 5.32 Å². The number of anilines is 1. The number of carbonyl (C=O) groups is 2. The summed E-state index contributed by atoms with van der Waals surface area (Å²) in [7, 11) is 0. The first kappa shape index (κ1) is 16.1. The van der Waals surface area contributed by atoms with Gasteiger partial charge in [0.05, 0.1) is 0 Å². The van der Waals surface area contributed by atoms with Gasteiger partial charge in [0.25, 0.3) is 5.91 Å². The summed E-state index contributed by atoms with van der Waals surface area (Å²) in [5.74, 6) is 0.127. The van der Waals surface area contributed by atoms with E-state index in [0.29, 0.717) is 27.8 Å². The van der Waals surface area contributed by atoms with Crippen LogP contribution in [0.25, 0.3) is 0 Å². The fourth-order valence-corrected chi connectivity index (χ4v) is 2.25. The summed E-state index contributed by atoms with van der Waals surface area (Å²) in [6, 6.07) is 6.71. The molecule has 0 unspecified atom stereocenters. The number of ether oxygens (including phenoxy) is 1. The van der Waals surface area contributed by atoms with Gasteiger partial charge in [-0.15, -0.1) is 0 Å². The average Bonchev–Trinajstić information content (AvgIpc) is 2.70. The summed E-state index contributed by atoms with van der Waals surface area (Å²) < 4.78 is 10.4. The molecule has 5 nitrogen and oxygen atoms in total. The van der Waals surface area contributed by atoms with Crippen molar-refractivity contribution in [2.45, 2.75) is 20.8 Å². The van der Waals surface area contributed by atoms with Gasteiger partial charge in [0.1, 0.15) is 17.1 Å². The molecule has 0 saturated heterocycles. The molecular weight excluding hydrogens is 306 g/mol. The Morgan fingerprint density at radius 2 is 1.95 bits per heavy atom. The molecule has 2 aromatic rings. The predicted octanol–water partition coefficient (Wildman–Crippen LogP) is 3.65. The Bertz CT molecular complexity index is 721. The van der Waals surface area contributed by atoms with E-state index in [1.54, 1.807) is 45.0 Å². The van der Waals surface area contributed by atoms with Gasteiger partial charge in [-0.25, -0.2) is 4.79 Å². The van der Waals surface area contributed by atoms with Crippen molar-refractivity contribution in [3.8, 4) is 0 Å². The van der Waals surface area contributed by atoms with Crippen molar-refractivity contribution in [1.82, 2.24) is 0 Å². The van der Waals surface area contributed by atoms with Crippen molar-refractivity contribution in [1.29, 1.82) is 0 Å². The SMILES string of the molecule is Cc1oc(C)c(C(=O)OCC(=O)Nc2cccc(Cl)c2)c1C. The number of esters is 1. The molecule has 6 heteroatoms. The zero-order valence-corrected chi connectivity index (χ0v) is 13.3. The summed E-state index contributed by atoms with van der Waals surface area (Å²) >= 11 is 5.83. The fraction of sp³-hybridized carbons (Fsp3) is 0.250. The maximum absolute atomic E-state index is 12.0. The number of amides is 1. The molecule has 1 aromatic heterocycles. The topological polar surface area (TPSA) is 68.5 Å². The van der Waals surface area contributed by atoms with Gasteiger partial charge in [-0.3, -0.25) is 4.79 Å². The zero-order chi connectivity index (χ0) is 16.3. The predicted molar refractivity (Wildman–Crippen MR) is 83.3 cm³/mol. The summed E-state index contributed by atoms with van der Waals surface area (Å²) in [4.78, 5) is 23.8. The molecule has 0 aliphatic rings. The van der Waals surface area contributed by atoms with Gasteiger partial charge in [0, 0.05) is 16.3 Å². The number of benzene rings is 1. The van der Waals surface area contributed by atoms with Crippen molar-refractivity contribution < 1.29 is 18.7 Å². The van der Waals surface area contributed by atoms with E-state index in [4.69, 9.17) is 20.8 Å². The molecule has 1 N–H and O–H groups in total. The summed E-state index contributed by atoms with van der Waals surface area (Å²) in [6.45, 7) is 4.84. The largest absolute Gasteiger partial charge is 0.465 e. The van der Waals surface area contributed by atoms with E-state index in [0.717, 1.165) is 5.56 Å². The summed E-state index contributed by atoms with van der Waals surface area (Å²) in [6.07, 6.45) is 0. The quantitative estimate of drug-likeness (QED) is 0.873. The number of halogens is 1. The van der Waals surface area contributed by atoms with E-state index < -0.39 is 11.9 Å². The highest BCUT2D eigenvalue weighted by Gasteiger charge is 2.20. The normalized spacial score (nSPS) is 10.4. The average molecular weight is 322 g/mol. The second-order valence-corrected chi connectivity index (χ2v) is 5.29. The highest BCUT2D eigenvalue weighted by atomic mass is 35.5. The third kappa shape index (κ3) is 3.68. The third-order valence-corrected chi connectivity index (χ3v) is 3.44. The van der Waals surface area contributed by atoms with E-state index in [1.807, 2.05) is 0 Å². The molecule has 1 amide bonds. The lowest BCUT2D eigenvalue weighted by atomic mass is 10.1. The molecule has 0 aliphatic heterocycles. The van der Waals surface area contributed by atoms with Crippen LogP contribution in [0.1, 0.15) is 27.4 Å². The van der Waals surface area contributed by atoms with E-state index in [9.17, 15) is 9.59 Å². The minimum Gasteiger partial charge on any atom is -0.465 e. The van der Waals surface area contributed by atoms with Crippen LogP contribution in [-0.4, -0.2) is 18.5 Å². The number of hydrogen-bond donors (Lipinski definition) is 1. The maximum Gasteiger partial charge on any atom is 0.342 e. The van der Waals surface area contributed by atoms with Crippen LogP contribution in [0.5, 0.6) is 0 Å². The van der Waals surface area contributed by atoms with Crippen LogP contribution in [0.15, 0.2) is 28.7 Å². The molecule has 0 aliphatic carbocycles. The van der Waals surface area contributed by atoms with Crippen LogP contribution in [0.2, 0.25) is 5.02 Å². The van der Waals surface area contributed by atoms with Gasteiger partial charge in [-0.1, -0.05) is 17.7 Å². The van der Waals surface area contributed by atoms with Gasteiger partial charge in [-0.05, 0) is 39.0 Å². The van der Waals surface area contributed by atoms with Crippen LogP contribution < -0.4 is 5.32 Å². The molecule has 0 saturated carbocycles. The number of aryl methyl sites for hydroxylation is 2. The molecule has 0 bridgehead atoms. The van der Waals surface area contributed by atoms with Gasteiger partial charge in [0.15, 0.2) is 6.61 Å². The van der Waals surface area contributed by atoms with Crippen LogP contribution >= 0.6 is 11.6 Å². The highest BCUT2D eigenvalue weighted by Crippen LogP contribution is 2.21. The highest BCUT2D eigenvalue weighted by molar-refractivity contribution is 6.30. The minimum atomic E-state index is -0.576. The van der Waals surface area contributed by atoms with Crippen LogP contribution in [0.4, 0.5) is 5.69 Å². The fourth-order valence-electron chi connectivity index (χ4n) is 2.06. The lowest BCUT2D eigenvalue weighted by molar-refractivity contribution is -0.119. The number of carbonyl (C=O) groups excluding carboxylic acids is 2. The first-order valence-corrected chi connectivity index (χ1v) is 7.05. The smallest absolute Gasteiger partial charge is 0.342 e. The lowest BCUT2D eigenvalue weighted by Gasteiger charge is -2.07. The first-order chi connectivity index (χ1) is 10.4. The minimum absolute atomic E-state index is 0.369. The Labute approximate surface area is 133 Å². The number of hydrogen-bond acceptors (Lipinski definition) is 4. The van der Waals surface area contributed by atoms with Gasteiger partial charge < -0.3 is 14.5 Å².